The molecule has 0 heterocycles. The second-order valence-corrected chi connectivity index (χ2v) is 4.55. The summed E-state index contributed by atoms with van der Waals surface area (Å²) in [6, 6.07) is 13.8. The molecule has 0 amide bonds. The van der Waals surface area contributed by atoms with Crippen molar-refractivity contribution in [3.63, 3.8) is 0 Å². The highest BCUT2D eigenvalue weighted by molar-refractivity contribution is 5.64. The molecule has 112 valence electrons. The van der Waals surface area contributed by atoms with Gasteiger partial charge in [0.1, 0.15) is 5.75 Å². The quantitative estimate of drug-likeness (QED) is 0.885. The number of rotatable bonds is 5. The van der Waals surface area contributed by atoms with E-state index in [1.165, 1.54) is 12.1 Å². The Balaban J connectivity index is 2.15. The van der Waals surface area contributed by atoms with Gasteiger partial charge in [-0.05, 0) is 41.4 Å². The summed E-state index contributed by atoms with van der Waals surface area (Å²) in [7, 11) is 0. The maximum absolute atomic E-state index is 12.1. The van der Waals surface area contributed by atoms with Gasteiger partial charge < -0.3 is 10.1 Å². The number of hydrogen-bond donors (Lipinski definition) is 1. The van der Waals surface area contributed by atoms with Crippen molar-refractivity contribution in [2.24, 2.45) is 0 Å². The number of benzene rings is 2. The van der Waals surface area contributed by atoms with E-state index in [9.17, 15) is 13.2 Å². The topological polar surface area (TPSA) is 21.3 Å². The molecule has 2 nitrogen and oxygen atoms in total. The number of alkyl halides is 3. The fourth-order valence-corrected chi connectivity index (χ4v) is 1.98. The molecule has 2 aromatic rings. The summed E-state index contributed by atoms with van der Waals surface area (Å²) in [5, 5.41) is 3.23. The van der Waals surface area contributed by atoms with Gasteiger partial charge in [0.05, 0.1) is 0 Å². The molecule has 0 aromatic heterocycles. The monoisotopic (exact) mass is 295 g/mol. The molecule has 0 spiro atoms. The number of hydrogen-bond acceptors (Lipinski definition) is 2. The third-order valence-electron chi connectivity index (χ3n) is 2.93. The summed E-state index contributed by atoms with van der Waals surface area (Å²) in [6.45, 7) is 3.68. The van der Waals surface area contributed by atoms with Crippen LogP contribution in [0.1, 0.15) is 12.5 Å². The van der Waals surface area contributed by atoms with E-state index in [1.54, 1.807) is 12.1 Å². The van der Waals surface area contributed by atoms with Crippen LogP contribution in [0.15, 0.2) is 48.5 Å². The highest BCUT2D eigenvalue weighted by Gasteiger charge is 2.30. The summed E-state index contributed by atoms with van der Waals surface area (Å²) in [5.74, 6) is -0.213. The molecule has 2 aromatic carbocycles. The fourth-order valence-electron chi connectivity index (χ4n) is 1.98. The first-order valence-corrected chi connectivity index (χ1v) is 6.64. The predicted octanol–water partition coefficient (Wildman–Crippen LogP) is 4.36. The minimum atomic E-state index is -4.66. The minimum absolute atomic E-state index is 0.213. The van der Waals surface area contributed by atoms with Gasteiger partial charge in [-0.15, -0.1) is 13.2 Å². The van der Waals surface area contributed by atoms with E-state index in [4.69, 9.17) is 0 Å². The lowest BCUT2D eigenvalue weighted by Gasteiger charge is -2.10. The summed E-state index contributed by atoms with van der Waals surface area (Å²) < 4.78 is 40.2. The molecule has 0 radical (unpaired) electrons. The molecule has 0 bridgehead atoms. The molecule has 1 N–H and O–H groups in total. The standard InChI is InChI=1S/C16H16F3NO/c1-2-20-11-12-4-3-5-14(10-12)13-6-8-15(9-7-13)21-16(17,18)19/h3-10,20H,2,11H2,1H3. The summed E-state index contributed by atoms with van der Waals surface area (Å²) in [5.41, 5.74) is 2.94. The van der Waals surface area contributed by atoms with Crippen molar-refractivity contribution in [3.05, 3.63) is 54.1 Å². The van der Waals surface area contributed by atoms with Crippen LogP contribution in [0.25, 0.3) is 11.1 Å². The minimum Gasteiger partial charge on any atom is -0.406 e. The first-order valence-electron chi connectivity index (χ1n) is 6.64. The SMILES string of the molecule is CCNCc1cccc(-c2ccc(OC(F)(F)F)cc2)c1. The molecule has 0 aliphatic carbocycles. The Hall–Kier alpha value is -2.01. The first-order chi connectivity index (χ1) is 9.98. The van der Waals surface area contributed by atoms with Gasteiger partial charge in [-0.2, -0.15) is 0 Å². The summed E-state index contributed by atoms with van der Waals surface area (Å²) in [4.78, 5) is 0. The van der Waals surface area contributed by atoms with Crippen LogP contribution >= 0.6 is 0 Å². The Bertz CT molecular complexity index is 579. The largest absolute Gasteiger partial charge is 0.573 e. The summed E-state index contributed by atoms with van der Waals surface area (Å²) in [6.07, 6.45) is -4.66. The molecule has 0 unspecified atom stereocenters. The third kappa shape index (κ3) is 4.79. The van der Waals surface area contributed by atoms with Crippen LogP contribution in [0.2, 0.25) is 0 Å². The molecule has 0 fully saturated rings. The van der Waals surface area contributed by atoms with Gasteiger partial charge in [0.25, 0.3) is 0 Å². The lowest BCUT2D eigenvalue weighted by atomic mass is 10.0. The van der Waals surface area contributed by atoms with E-state index in [0.29, 0.717) is 0 Å². The maximum Gasteiger partial charge on any atom is 0.573 e. The zero-order chi connectivity index (χ0) is 15.3. The maximum atomic E-state index is 12.1. The highest BCUT2D eigenvalue weighted by Crippen LogP contribution is 2.26. The zero-order valence-electron chi connectivity index (χ0n) is 11.6. The Kier molecular flexibility index (Phi) is 4.85. The molecule has 0 atom stereocenters. The van der Waals surface area contributed by atoms with Gasteiger partial charge in [0.2, 0.25) is 0 Å². The van der Waals surface area contributed by atoms with Crippen LogP contribution < -0.4 is 10.1 Å². The van der Waals surface area contributed by atoms with Crippen molar-refractivity contribution in [1.29, 1.82) is 0 Å². The van der Waals surface area contributed by atoms with E-state index >= 15 is 0 Å². The van der Waals surface area contributed by atoms with E-state index in [2.05, 4.69) is 10.1 Å². The van der Waals surface area contributed by atoms with Gasteiger partial charge in [0, 0.05) is 6.54 Å². The van der Waals surface area contributed by atoms with E-state index in [0.717, 1.165) is 29.8 Å². The van der Waals surface area contributed by atoms with Crippen molar-refractivity contribution < 1.29 is 17.9 Å². The molecule has 0 aliphatic rings. The molecular weight excluding hydrogens is 279 g/mol. The van der Waals surface area contributed by atoms with Gasteiger partial charge >= 0.3 is 6.36 Å². The van der Waals surface area contributed by atoms with Crippen molar-refractivity contribution >= 4 is 0 Å². The first kappa shape index (κ1) is 15.4. The summed E-state index contributed by atoms with van der Waals surface area (Å²) >= 11 is 0. The Morgan fingerprint density at radius 3 is 2.33 bits per heavy atom. The predicted molar refractivity (Wildman–Crippen MR) is 75.9 cm³/mol. The zero-order valence-corrected chi connectivity index (χ0v) is 11.6. The highest BCUT2D eigenvalue weighted by atomic mass is 19.4. The van der Waals surface area contributed by atoms with Crippen molar-refractivity contribution in [1.82, 2.24) is 5.32 Å². The Morgan fingerprint density at radius 1 is 1.00 bits per heavy atom. The third-order valence-corrected chi connectivity index (χ3v) is 2.93. The normalized spacial score (nSPS) is 11.4. The number of ether oxygens (including phenoxy) is 1. The van der Waals surface area contributed by atoms with E-state index < -0.39 is 6.36 Å². The van der Waals surface area contributed by atoms with Crippen molar-refractivity contribution in [3.8, 4) is 16.9 Å². The lowest BCUT2D eigenvalue weighted by molar-refractivity contribution is -0.274. The Morgan fingerprint density at radius 2 is 1.71 bits per heavy atom. The van der Waals surface area contributed by atoms with E-state index in [1.807, 2.05) is 31.2 Å². The van der Waals surface area contributed by atoms with Gasteiger partial charge in [0.15, 0.2) is 0 Å². The number of halogens is 3. The molecule has 0 saturated carbocycles. The molecular formula is C16H16F3NO. The van der Waals surface area contributed by atoms with Crippen LogP contribution in [-0.2, 0) is 6.54 Å². The fraction of sp³-hybridized carbons (Fsp3) is 0.250. The molecule has 0 aliphatic heterocycles. The van der Waals surface area contributed by atoms with Gasteiger partial charge in [-0.3, -0.25) is 0 Å². The lowest BCUT2D eigenvalue weighted by Crippen LogP contribution is -2.16. The van der Waals surface area contributed by atoms with Gasteiger partial charge in [-0.25, -0.2) is 0 Å². The molecule has 0 saturated heterocycles. The van der Waals surface area contributed by atoms with E-state index in [-0.39, 0.29) is 5.75 Å². The van der Waals surface area contributed by atoms with Gasteiger partial charge in [-0.1, -0.05) is 37.3 Å². The molecule has 5 heteroatoms. The average molecular weight is 295 g/mol. The van der Waals surface area contributed by atoms with Crippen LogP contribution in [0.5, 0.6) is 5.75 Å². The second kappa shape index (κ2) is 6.63. The average Bonchev–Trinajstić information content (AvgIpc) is 2.44. The number of nitrogens with one attached hydrogen (secondary N) is 1. The smallest absolute Gasteiger partial charge is 0.406 e. The molecule has 21 heavy (non-hydrogen) atoms. The van der Waals surface area contributed by atoms with Crippen LogP contribution in [-0.4, -0.2) is 12.9 Å². The van der Waals surface area contributed by atoms with Crippen LogP contribution in [0.4, 0.5) is 13.2 Å². The van der Waals surface area contributed by atoms with Crippen molar-refractivity contribution in [2.45, 2.75) is 19.8 Å². The second-order valence-electron chi connectivity index (χ2n) is 4.55. The van der Waals surface area contributed by atoms with Crippen LogP contribution in [0, 0.1) is 0 Å². The van der Waals surface area contributed by atoms with Crippen molar-refractivity contribution in [2.75, 3.05) is 6.54 Å². The Labute approximate surface area is 121 Å². The molecule has 2 rings (SSSR count). The van der Waals surface area contributed by atoms with Crippen LogP contribution in [0.3, 0.4) is 0 Å².